The highest BCUT2D eigenvalue weighted by Crippen LogP contribution is 2.17. The van der Waals surface area contributed by atoms with Gasteiger partial charge in [-0.25, -0.2) is 4.98 Å². The maximum absolute atomic E-state index is 5.56. The summed E-state index contributed by atoms with van der Waals surface area (Å²) >= 11 is 0. The molecule has 21 heavy (non-hydrogen) atoms. The molecule has 1 aromatic carbocycles. The molecule has 0 aliphatic rings. The predicted octanol–water partition coefficient (Wildman–Crippen LogP) is 1.99. The molecule has 2 aromatic heterocycles. The van der Waals surface area contributed by atoms with Gasteiger partial charge in [-0.15, -0.1) is 0 Å². The highest BCUT2D eigenvalue weighted by molar-refractivity contribution is 5.74. The fourth-order valence-corrected chi connectivity index (χ4v) is 2.34. The zero-order valence-electron chi connectivity index (χ0n) is 12.0. The first-order valence-electron chi connectivity index (χ1n) is 6.93. The van der Waals surface area contributed by atoms with E-state index in [9.17, 15) is 0 Å². The van der Waals surface area contributed by atoms with Gasteiger partial charge in [-0.1, -0.05) is 12.1 Å². The van der Waals surface area contributed by atoms with Crippen LogP contribution in [0.3, 0.4) is 0 Å². The number of ether oxygens (including phenoxy) is 1. The average molecular weight is 282 g/mol. The molecule has 0 atom stereocenters. The number of imidazole rings is 1. The Morgan fingerprint density at radius 2 is 2.00 bits per heavy atom. The number of nitrogens with two attached hydrogens (primary N) is 1. The van der Waals surface area contributed by atoms with E-state index in [1.165, 1.54) is 5.56 Å². The van der Waals surface area contributed by atoms with Crippen LogP contribution in [0.5, 0.6) is 5.75 Å². The van der Waals surface area contributed by atoms with Crippen molar-refractivity contribution in [3.63, 3.8) is 0 Å². The van der Waals surface area contributed by atoms with Gasteiger partial charge in [0.1, 0.15) is 5.75 Å². The average Bonchev–Trinajstić information content (AvgIpc) is 2.91. The molecule has 2 N–H and O–H groups in total. The molecule has 0 aliphatic heterocycles. The molecule has 0 bridgehead atoms. The summed E-state index contributed by atoms with van der Waals surface area (Å²) in [5.74, 6) is 0.863. The number of rotatable bonds is 5. The van der Waals surface area contributed by atoms with E-state index in [2.05, 4.69) is 26.7 Å². The molecule has 0 amide bonds. The number of hydrogen-bond acceptors (Lipinski definition) is 4. The first kappa shape index (κ1) is 13.6. The van der Waals surface area contributed by atoms with Crippen LogP contribution < -0.4 is 10.5 Å². The smallest absolute Gasteiger partial charge is 0.118 e. The molecule has 5 nitrogen and oxygen atoms in total. The van der Waals surface area contributed by atoms with Gasteiger partial charge in [-0.3, -0.25) is 4.98 Å². The van der Waals surface area contributed by atoms with Crippen LogP contribution in [0.25, 0.3) is 11.0 Å². The molecule has 0 unspecified atom stereocenters. The summed E-state index contributed by atoms with van der Waals surface area (Å²) in [6.07, 6.45) is 4.50. The van der Waals surface area contributed by atoms with Crippen LogP contribution >= 0.6 is 0 Å². The van der Waals surface area contributed by atoms with E-state index in [1.54, 1.807) is 7.11 Å². The molecule has 0 spiro atoms. The third-order valence-corrected chi connectivity index (χ3v) is 3.48. The van der Waals surface area contributed by atoms with E-state index in [0.717, 1.165) is 35.4 Å². The van der Waals surface area contributed by atoms with E-state index in [0.29, 0.717) is 6.54 Å². The van der Waals surface area contributed by atoms with Crippen molar-refractivity contribution in [1.29, 1.82) is 0 Å². The lowest BCUT2D eigenvalue weighted by atomic mass is 10.2. The second-order valence-electron chi connectivity index (χ2n) is 4.92. The maximum atomic E-state index is 5.56. The summed E-state index contributed by atoms with van der Waals surface area (Å²) in [5.41, 5.74) is 9.74. The Bertz CT molecular complexity index is 734. The number of benzene rings is 1. The van der Waals surface area contributed by atoms with Gasteiger partial charge in [0.25, 0.3) is 0 Å². The molecule has 2 heterocycles. The number of hydrogen-bond donors (Lipinski definition) is 1. The monoisotopic (exact) mass is 282 g/mol. The van der Waals surface area contributed by atoms with Crippen LogP contribution in [0.2, 0.25) is 0 Å². The molecule has 3 rings (SSSR count). The summed E-state index contributed by atoms with van der Waals surface area (Å²) < 4.78 is 7.27. The Labute approximate surface area is 123 Å². The molecule has 0 saturated carbocycles. The maximum Gasteiger partial charge on any atom is 0.118 e. The molecule has 0 fully saturated rings. The fourth-order valence-electron chi connectivity index (χ4n) is 2.34. The summed E-state index contributed by atoms with van der Waals surface area (Å²) in [6, 6.07) is 10.0. The van der Waals surface area contributed by atoms with E-state index < -0.39 is 0 Å². The Balaban J connectivity index is 1.86. The summed E-state index contributed by atoms with van der Waals surface area (Å²) in [4.78, 5) is 8.89. The highest BCUT2D eigenvalue weighted by Gasteiger charge is 2.05. The SMILES string of the molecule is COc1ccc(Cn2cnc3cc(CCN)ncc32)cc1. The summed E-state index contributed by atoms with van der Waals surface area (Å²) in [6.45, 7) is 1.36. The van der Waals surface area contributed by atoms with E-state index in [-0.39, 0.29) is 0 Å². The van der Waals surface area contributed by atoms with Gasteiger partial charge in [0.2, 0.25) is 0 Å². The van der Waals surface area contributed by atoms with Crippen molar-refractivity contribution < 1.29 is 4.74 Å². The fraction of sp³-hybridized carbons (Fsp3) is 0.250. The molecule has 0 aliphatic carbocycles. The van der Waals surface area contributed by atoms with Crippen molar-refractivity contribution in [3.8, 4) is 5.75 Å². The predicted molar refractivity (Wildman–Crippen MR) is 82.4 cm³/mol. The van der Waals surface area contributed by atoms with Crippen LogP contribution in [0.4, 0.5) is 0 Å². The van der Waals surface area contributed by atoms with Crippen LogP contribution in [0, 0.1) is 0 Å². The number of methoxy groups -OCH3 is 1. The second-order valence-corrected chi connectivity index (χ2v) is 4.92. The minimum absolute atomic E-state index is 0.602. The van der Waals surface area contributed by atoms with E-state index in [1.807, 2.05) is 30.7 Å². The largest absolute Gasteiger partial charge is 0.497 e. The Morgan fingerprint density at radius 1 is 1.19 bits per heavy atom. The number of aromatic nitrogens is 3. The molecular formula is C16H18N4O. The van der Waals surface area contributed by atoms with Crippen molar-refractivity contribution in [1.82, 2.24) is 14.5 Å². The van der Waals surface area contributed by atoms with Gasteiger partial charge in [0, 0.05) is 18.7 Å². The van der Waals surface area contributed by atoms with E-state index >= 15 is 0 Å². The second kappa shape index (κ2) is 5.93. The van der Waals surface area contributed by atoms with Crippen LogP contribution in [0.15, 0.2) is 42.9 Å². The molecule has 0 radical (unpaired) electrons. The Morgan fingerprint density at radius 3 is 2.71 bits per heavy atom. The first-order valence-corrected chi connectivity index (χ1v) is 6.93. The number of fused-ring (bicyclic) bond motifs is 1. The lowest BCUT2D eigenvalue weighted by molar-refractivity contribution is 0.414. The van der Waals surface area contributed by atoms with Crippen LogP contribution in [-0.4, -0.2) is 28.2 Å². The number of nitrogens with zero attached hydrogens (tertiary/aromatic N) is 3. The summed E-state index contributed by atoms with van der Waals surface area (Å²) in [7, 11) is 1.67. The molecular weight excluding hydrogens is 264 g/mol. The normalized spacial score (nSPS) is 11.0. The molecule has 5 heteroatoms. The van der Waals surface area contributed by atoms with Crippen molar-refractivity contribution >= 4 is 11.0 Å². The zero-order chi connectivity index (χ0) is 14.7. The van der Waals surface area contributed by atoms with Gasteiger partial charge >= 0.3 is 0 Å². The third kappa shape index (κ3) is 2.87. The standard InChI is InChI=1S/C16H18N4O/c1-21-14-4-2-12(3-5-14)10-20-11-19-15-8-13(6-7-17)18-9-16(15)20/h2-5,8-9,11H,6-7,10,17H2,1H3. The van der Waals surface area contributed by atoms with Crippen LogP contribution in [0.1, 0.15) is 11.3 Å². The van der Waals surface area contributed by atoms with Crippen molar-refractivity contribution in [3.05, 3.63) is 54.1 Å². The highest BCUT2D eigenvalue weighted by atomic mass is 16.5. The Kier molecular flexibility index (Phi) is 3.83. The van der Waals surface area contributed by atoms with Gasteiger partial charge < -0.3 is 15.0 Å². The van der Waals surface area contributed by atoms with Gasteiger partial charge in [0.05, 0.1) is 30.7 Å². The lowest BCUT2D eigenvalue weighted by Gasteiger charge is -2.06. The molecule has 108 valence electrons. The van der Waals surface area contributed by atoms with E-state index in [4.69, 9.17) is 10.5 Å². The first-order chi connectivity index (χ1) is 10.3. The number of pyridine rings is 1. The van der Waals surface area contributed by atoms with Crippen LogP contribution in [-0.2, 0) is 13.0 Å². The topological polar surface area (TPSA) is 66.0 Å². The quantitative estimate of drug-likeness (QED) is 0.777. The molecule has 0 saturated heterocycles. The zero-order valence-corrected chi connectivity index (χ0v) is 12.0. The van der Waals surface area contributed by atoms with Gasteiger partial charge in [-0.2, -0.15) is 0 Å². The third-order valence-electron chi connectivity index (χ3n) is 3.48. The summed E-state index contributed by atoms with van der Waals surface area (Å²) in [5, 5.41) is 0. The lowest BCUT2D eigenvalue weighted by Crippen LogP contribution is -2.04. The Hall–Kier alpha value is -2.40. The van der Waals surface area contributed by atoms with Gasteiger partial charge in [0.15, 0.2) is 0 Å². The van der Waals surface area contributed by atoms with Crippen molar-refractivity contribution in [2.75, 3.05) is 13.7 Å². The minimum atomic E-state index is 0.602. The van der Waals surface area contributed by atoms with Gasteiger partial charge in [-0.05, 0) is 30.3 Å². The van der Waals surface area contributed by atoms with Crippen molar-refractivity contribution in [2.24, 2.45) is 5.73 Å². The van der Waals surface area contributed by atoms with Crippen molar-refractivity contribution in [2.45, 2.75) is 13.0 Å². The minimum Gasteiger partial charge on any atom is -0.497 e. The molecule has 3 aromatic rings.